The van der Waals surface area contributed by atoms with E-state index in [4.69, 9.17) is 28.6 Å². The summed E-state index contributed by atoms with van der Waals surface area (Å²) in [6.45, 7) is 5.21. The lowest BCUT2D eigenvalue weighted by Gasteiger charge is -2.13. The fraction of sp³-hybridized carbons (Fsp3) is 0.200. The number of ether oxygens (including phenoxy) is 1. The number of hydrogen-bond donors (Lipinski definition) is 2. The molecule has 0 aliphatic rings. The van der Waals surface area contributed by atoms with Crippen LogP contribution in [0, 0.1) is 6.92 Å². The summed E-state index contributed by atoms with van der Waals surface area (Å²) in [4.78, 5) is 0. The number of para-hydroxylation sites is 2. The Morgan fingerprint density at radius 3 is 2.63 bits per heavy atom. The first-order chi connectivity index (χ1) is 13.0. The summed E-state index contributed by atoms with van der Waals surface area (Å²) < 4.78 is 7.53. The van der Waals surface area contributed by atoms with Gasteiger partial charge in [-0.15, -0.1) is 0 Å². The van der Waals surface area contributed by atoms with Gasteiger partial charge >= 0.3 is 0 Å². The number of halogens is 1. The minimum Gasteiger partial charge on any atom is -0.492 e. The Bertz CT molecular complexity index is 924. The van der Waals surface area contributed by atoms with Crippen LogP contribution in [-0.4, -0.2) is 21.5 Å². The Morgan fingerprint density at radius 2 is 1.89 bits per heavy atom. The minimum atomic E-state index is 0.457. The van der Waals surface area contributed by atoms with Crippen LogP contribution >= 0.6 is 23.8 Å². The highest BCUT2D eigenvalue weighted by Crippen LogP contribution is 2.24. The summed E-state index contributed by atoms with van der Waals surface area (Å²) in [7, 11) is 0. The first-order valence-electron chi connectivity index (χ1n) is 8.64. The van der Waals surface area contributed by atoms with Gasteiger partial charge in [-0.3, -0.25) is 4.68 Å². The van der Waals surface area contributed by atoms with Crippen molar-refractivity contribution >= 4 is 40.4 Å². The van der Waals surface area contributed by atoms with Crippen LogP contribution in [0.1, 0.15) is 18.2 Å². The zero-order valence-corrected chi connectivity index (χ0v) is 16.8. The second kappa shape index (κ2) is 8.88. The van der Waals surface area contributed by atoms with E-state index < -0.39 is 0 Å². The molecule has 0 radical (unpaired) electrons. The molecule has 0 atom stereocenters. The Hall–Kier alpha value is -2.57. The summed E-state index contributed by atoms with van der Waals surface area (Å²) >= 11 is 11.4. The van der Waals surface area contributed by atoms with Crippen LogP contribution < -0.4 is 15.4 Å². The highest BCUT2D eigenvalue weighted by Gasteiger charge is 2.09. The quantitative estimate of drug-likeness (QED) is 0.563. The van der Waals surface area contributed by atoms with Gasteiger partial charge in [0.2, 0.25) is 0 Å². The van der Waals surface area contributed by atoms with Crippen LogP contribution in [0.4, 0.5) is 11.5 Å². The molecule has 0 spiro atoms. The Labute approximate surface area is 169 Å². The normalized spacial score (nSPS) is 10.5. The van der Waals surface area contributed by atoms with E-state index in [0.717, 1.165) is 27.7 Å². The maximum Gasteiger partial charge on any atom is 0.176 e. The van der Waals surface area contributed by atoms with Crippen LogP contribution in [0.25, 0.3) is 0 Å². The third kappa shape index (κ3) is 5.21. The van der Waals surface area contributed by atoms with E-state index in [1.54, 1.807) is 0 Å². The number of nitrogens with one attached hydrogen (secondary N) is 2. The Morgan fingerprint density at radius 1 is 1.15 bits per heavy atom. The van der Waals surface area contributed by atoms with Gasteiger partial charge in [-0.05, 0) is 55.9 Å². The maximum absolute atomic E-state index is 5.94. The fourth-order valence-electron chi connectivity index (χ4n) is 2.62. The second-order valence-corrected chi connectivity index (χ2v) is 6.81. The standard InChI is InChI=1S/C20H21ClN4OS/c1-3-26-18-7-5-4-6-17(18)22-20(27)23-19-12-14(2)25(24-19)13-15-8-10-16(21)11-9-15/h4-12H,3,13H2,1-2H3,(H2,22,23,24,27). The first-order valence-corrected chi connectivity index (χ1v) is 9.42. The number of thiocarbonyl (C=S) groups is 1. The van der Waals surface area contributed by atoms with E-state index >= 15 is 0 Å². The summed E-state index contributed by atoms with van der Waals surface area (Å²) in [5, 5.41) is 12.0. The van der Waals surface area contributed by atoms with Crippen LogP contribution in [0.2, 0.25) is 5.02 Å². The molecule has 2 aromatic carbocycles. The summed E-state index contributed by atoms with van der Waals surface area (Å²) in [6, 6.07) is 17.4. The third-order valence-electron chi connectivity index (χ3n) is 3.90. The molecule has 1 aromatic heterocycles. The van der Waals surface area contributed by atoms with Gasteiger partial charge in [0.1, 0.15) is 5.75 Å². The molecule has 3 aromatic rings. The number of aryl methyl sites for hydroxylation is 1. The van der Waals surface area contributed by atoms with E-state index in [1.807, 2.05) is 73.1 Å². The van der Waals surface area contributed by atoms with E-state index in [9.17, 15) is 0 Å². The van der Waals surface area contributed by atoms with Crippen LogP contribution in [0.15, 0.2) is 54.6 Å². The van der Waals surface area contributed by atoms with E-state index in [1.165, 1.54) is 0 Å². The molecule has 7 heteroatoms. The van der Waals surface area contributed by atoms with Gasteiger partial charge in [-0.25, -0.2) is 0 Å². The number of rotatable bonds is 6. The molecule has 27 heavy (non-hydrogen) atoms. The van der Waals surface area contributed by atoms with Crippen LogP contribution in [0.5, 0.6) is 5.75 Å². The largest absolute Gasteiger partial charge is 0.492 e. The van der Waals surface area contributed by atoms with Crippen molar-refractivity contribution in [2.75, 3.05) is 17.2 Å². The van der Waals surface area contributed by atoms with Crippen LogP contribution in [0.3, 0.4) is 0 Å². The average molecular weight is 401 g/mol. The lowest BCUT2D eigenvalue weighted by Crippen LogP contribution is -2.20. The zero-order chi connectivity index (χ0) is 19.2. The van der Waals surface area contributed by atoms with Gasteiger partial charge in [0, 0.05) is 16.8 Å². The molecule has 3 rings (SSSR count). The van der Waals surface area contributed by atoms with Gasteiger partial charge < -0.3 is 15.4 Å². The number of aromatic nitrogens is 2. The molecular weight excluding hydrogens is 380 g/mol. The lowest BCUT2D eigenvalue weighted by molar-refractivity contribution is 0.342. The molecule has 0 bridgehead atoms. The minimum absolute atomic E-state index is 0.457. The predicted octanol–water partition coefficient (Wildman–Crippen LogP) is 5.10. The van der Waals surface area contributed by atoms with E-state index in [-0.39, 0.29) is 0 Å². The van der Waals surface area contributed by atoms with Gasteiger partial charge in [0.05, 0.1) is 18.8 Å². The van der Waals surface area contributed by atoms with Crippen molar-refractivity contribution in [3.63, 3.8) is 0 Å². The molecule has 2 N–H and O–H groups in total. The molecule has 0 fully saturated rings. The zero-order valence-electron chi connectivity index (χ0n) is 15.2. The topological polar surface area (TPSA) is 51.1 Å². The fourth-order valence-corrected chi connectivity index (χ4v) is 2.96. The molecule has 0 aliphatic heterocycles. The lowest BCUT2D eigenvalue weighted by atomic mass is 10.2. The summed E-state index contributed by atoms with van der Waals surface area (Å²) in [5.74, 6) is 1.45. The highest BCUT2D eigenvalue weighted by atomic mass is 35.5. The molecule has 0 saturated carbocycles. The van der Waals surface area contributed by atoms with Crippen molar-refractivity contribution < 1.29 is 4.74 Å². The van der Waals surface area contributed by atoms with Crippen LogP contribution in [-0.2, 0) is 6.54 Å². The van der Waals surface area contributed by atoms with E-state index in [0.29, 0.717) is 24.1 Å². The predicted molar refractivity (Wildman–Crippen MR) is 115 cm³/mol. The van der Waals surface area contributed by atoms with Crippen molar-refractivity contribution in [1.82, 2.24) is 9.78 Å². The molecule has 0 unspecified atom stereocenters. The van der Waals surface area contributed by atoms with Crippen molar-refractivity contribution in [3.05, 3.63) is 70.9 Å². The number of nitrogens with zero attached hydrogens (tertiary/aromatic N) is 2. The molecule has 5 nitrogen and oxygen atoms in total. The van der Waals surface area contributed by atoms with Crippen molar-refractivity contribution in [2.45, 2.75) is 20.4 Å². The Balaban J connectivity index is 1.66. The molecule has 1 heterocycles. The number of benzene rings is 2. The average Bonchev–Trinajstić information content (AvgIpc) is 2.97. The smallest absolute Gasteiger partial charge is 0.176 e. The second-order valence-electron chi connectivity index (χ2n) is 5.96. The molecular formula is C20H21ClN4OS. The Kier molecular flexibility index (Phi) is 6.32. The van der Waals surface area contributed by atoms with E-state index in [2.05, 4.69) is 15.7 Å². The summed E-state index contributed by atoms with van der Waals surface area (Å²) in [6.07, 6.45) is 0. The molecule has 140 valence electrons. The highest BCUT2D eigenvalue weighted by molar-refractivity contribution is 7.80. The third-order valence-corrected chi connectivity index (χ3v) is 4.36. The molecule has 0 aliphatic carbocycles. The van der Waals surface area contributed by atoms with Gasteiger partial charge in [-0.1, -0.05) is 35.9 Å². The van der Waals surface area contributed by atoms with Crippen molar-refractivity contribution in [1.29, 1.82) is 0 Å². The SMILES string of the molecule is CCOc1ccccc1NC(=S)Nc1cc(C)n(Cc2ccc(Cl)cc2)n1. The number of hydrogen-bond acceptors (Lipinski definition) is 3. The maximum atomic E-state index is 5.94. The van der Waals surface area contributed by atoms with Crippen molar-refractivity contribution in [2.24, 2.45) is 0 Å². The monoisotopic (exact) mass is 400 g/mol. The van der Waals surface area contributed by atoms with Gasteiger partial charge in [0.15, 0.2) is 10.9 Å². The summed E-state index contributed by atoms with van der Waals surface area (Å²) in [5.41, 5.74) is 2.97. The molecule has 0 saturated heterocycles. The van der Waals surface area contributed by atoms with Gasteiger partial charge in [0.25, 0.3) is 0 Å². The van der Waals surface area contributed by atoms with Gasteiger partial charge in [-0.2, -0.15) is 5.10 Å². The molecule has 0 amide bonds. The van der Waals surface area contributed by atoms with Crippen molar-refractivity contribution in [3.8, 4) is 5.75 Å². The first kappa shape index (κ1) is 19.2. The number of anilines is 2.